The lowest BCUT2D eigenvalue weighted by Crippen LogP contribution is -2.35. The lowest BCUT2D eigenvalue weighted by atomic mass is 9.98. The van der Waals surface area contributed by atoms with E-state index in [1.54, 1.807) is 0 Å². The van der Waals surface area contributed by atoms with Gasteiger partial charge in [-0.1, -0.05) is 48.5 Å². The molecule has 1 aliphatic heterocycles. The van der Waals surface area contributed by atoms with Crippen molar-refractivity contribution < 1.29 is 9.90 Å². The second kappa shape index (κ2) is 4.43. The molecule has 2 aromatic rings. The monoisotopic (exact) mass is 279 g/mol. The molecule has 0 unspecified atom stereocenters. The number of benzene rings is 2. The number of fused-ring (bicyclic) bond motifs is 1. The first kappa shape index (κ1) is 12.6. The fraction of sp³-hybridized carbons (Fsp3) is 0.278. The highest BCUT2D eigenvalue weighted by Gasteiger charge is 2.74. The second-order valence-electron chi connectivity index (χ2n) is 5.94. The maximum atomic E-state index is 12.9. The number of hydrogen-bond acceptors (Lipinski definition) is 2. The highest BCUT2D eigenvalue weighted by Crippen LogP contribution is 2.69. The van der Waals surface area contributed by atoms with E-state index in [1.165, 1.54) is 0 Å². The van der Waals surface area contributed by atoms with E-state index in [2.05, 4.69) is 12.1 Å². The maximum Gasteiger partial charge on any atom is 0.236 e. The Morgan fingerprint density at radius 3 is 2.24 bits per heavy atom. The predicted octanol–water partition coefficient (Wildman–Crippen LogP) is 2.43. The molecule has 106 valence electrons. The summed E-state index contributed by atoms with van der Waals surface area (Å²) in [6.07, 6.45) is 0. The molecule has 21 heavy (non-hydrogen) atoms. The predicted molar refractivity (Wildman–Crippen MR) is 81.0 cm³/mol. The highest BCUT2D eigenvalue weighted by molar-refractivity contribution is 6.04. The topological polar surface area (TPSA) is 40.5 Å². The molecular weight excluding hydrogens is 262 g/mol. The van der Waals surface area contributed by atoms with E-state index < -0.39 is 5.41 Å². The van der Waals surface area contributed by atoms with Gasteiger partial charge >= 0.3 is 0 Å². The van der Waals surface area contributed by atoms with E-state index >= 15 is 0 Å². The highest BCUT2D eigenvalue weighted by atomic mass is 16.3. The van der Waals surface area contributed by atoms with Crippen LogP contribution in [0.25, 0.3) is 0 Å². The zero-order valence-corrected chi connectivity index (χ0v) is 11.6. The summed E-state index contributed by atoms with van der Waals surface area (Å²) in [5.41, 5.74) is 1.49. The van der Waals surface area contributed by atoms with Crippen LogP contribution in [0.3, 0.4) is 0 Å². The number of carbonyl (C=O) groups excluding carboxylic acids is 1. The standard InChI is InChI=1S/C18H17NO2/c20-12-18-15(16(18)13-7-3-1-4-8-13)11-19(17(18)21)14-9-5-2-6-10-14/h1-10,15-16,20H,11-12H2/t15-,16-,18-/m1/s1. The van der Waals surface area contributed by atoms with E-state index in [1.807, 2.05) is 53.4 Å². The van der Waals surface area contributed by atoms with Gasteiger partial charge in [0.2, 0.25) is 5.91 Å². The molecule has 1 heterocycles. The molecule has 1 saturated carbocycles. The van der Waals surface area contributed by atoms with Crippen LogP contribution in [0.4, 0.5) is 5.69 Å². The zero-order chi connectivity index (χ0) is 14.4. The molecule has 1 saturated heterocycles. The van der Waals surface area contributed by atoms with Crippen molar-refractivity contribution in [3.63, 3.8) is 0 Å². The van der Waals surface area contributed by atoms with Crippen LogP contribution >= 0.6 is 0 Å². The number of rotatable bonds is 3. The first-order valence-electron chi connectivity index (χ1n) is 7.32. The van der Waals surface area contributed by atoms with Crippen LogP contribution in [-0.2, 0) is 4.79 Å². The van der Waals surface area contributed by atoms with Crippen LogP contribution < -0.4 is 4.90 Å². The molecule has 0 radical (unpaired) electrons. The first-order valence-corrected chi connectivity index (χ1v) is 7.32. The van der Waals surface area contributed by atoms with E-state index in [9.17, 15) is 9.90 Å². The average molecular weight is 279 g/mol. The number of aliphatic hydroxyl groups excluding tert-OH is 1. The summed E-state index contributed by atoms with van der Waals surface area (Å²) in [5, 5.41) is 9.89. The SMILES string of the molecule is O=C1N(c2ccccc2)C[C@@H]2[C@@H](c3ccccc3)[C@]12CO. The first-order chi connectivity index (χ1) is 10.3. The molecule has 4 rings (SSSR count). The smallest absolute Gasteiger partial charge is 0.236 e. The van der Waals surface area contributed by atoms with Crippen molar-refractivity contribution in [2.75, 3.05) is 18.1 Å². The Morgan fingerprint density at radius 2 is 1.67 bits per heavy atom. The van der Waals surface area contributed by atoms with Gasteiger partial charge in [-0.15, -0.1) is 0 Å². The van der Waals surface area contributed by atoms with Gasteiger partial charge in [0.25, 0.3) is 0 Å². The summed E-state index contributed by atoms with van der Waals surface area (Å²) >= 11 is 0. The number of hydrogen-bond donors (Lipinski definition) is 1. The Hall–Kier alpha value is -2.13. The normalized spacial score (nSPS) is 30.3. The molecule has 1 N–H and O–H groups in total. The molecule has 0 spiro atoms. The van der Waals surface area contributed by atoms with Crippen LogP contribution in [-0.4, -0.2) is 24.2 Å². The Labute approximate surface area is 123 Å². The molecule has 1 amide bonds. The number of para-hydroxylation sites is 1. The van der Waals surface area contributed by atoms with Gasteiger partial charge in [-0.2, -0.15) is 0 Å². The number of nitrogens with zero attached hydrogens (tertiary/aromatic N) is 1. The summed E-state index contributed by atoms with van der Waals surface area (Å²) in [7, 11) is 0. The molecule has 2 fully saturated rings. The van der Waals surface area contributed by atoms with Crippen molar-refractivity contribution in [1.29, 1.82) is 0 Å². The van der Waals surface area contributed by atoms with Crippen molar-refractivity contribution in [3.8, 4) is 0 Å². The molecule has 1 aliphatic carbocycles. The van der Waals surface area contributed by atoms with Gasteiger partial charge < -0.3 is 10.0 Å². The molecule has 2 aromatic carbocycles. The summed E-state index contributed by atoms with van der Waals surface area (Å²) < 4.78 is 0. The third kappa shape index (κ3) is 1.61. The van der Waals surface area contributed by atoms with E-state index in [-0.39, 0.29) is 24.3 Å². The second-order valence-corrected chi connectivity index (χ2v) is 5.94. The third-order valence-corrected chi connectivity index (χ3v) is 5.02. The fourth-order valence-corrected chi connectivity index (χ4v) is 3.91. The van der Waals surface area contributed by atoms with Gasteiger partial charge in [-0.25, -0.2) is 0 Å². The van der Waals surface area contributed by atoms with E-state index in [0.717, 1.165) is 11.3 Å². The van der Waals surface area contributed by atoms with Gasteiger partial charge in [-0.05, 0) is 17.7 Å². The van der Waals surface area contributed by atoms with Crippen molar-refractivity contribution in [1.82, 2.24) is 0 Å². The van der Waals surface area contributed by atoms with Crippen molar-refractivity contribution in [3.05, 3.63) is 66.2 Å². The van der Waals surface area contributed by atoms with Gasteiger partial charge in [0.1, 0.15) is 0 Å². The van der Waals surface area contributed by atoms with Gasteiger partial charge in [0, 0.05) is 24.1 Å². The Morgan fingerprint density at radius 1 is 1.05 bits per heavy atom. The largest absolute Gasteiger partial charge is 0.395 e. The minimum absolute atomic E-state index is 0.0649. The summed E-state index contributed by atoms with van der Waals surface area (Å²) in [6.45, 7) is 0.627. The van der Waals surface area contributed by atoms with Crippen LogP contribution in [0.1, 0.15) is 11.5 Å². The minimum Gasteiger partial charge on any atom is -0.395 e. The van der Waals surface area contributed by atoms with Crippen LogP contribution in [0, 0.1) is 11.3 Å². The van der Waals surface area contributed by atoms with Crippen molar-refractivity contribution >= 4 is 11.6 Å². The molecule has 0 bridgehead atoms. The lowest BCUT2D eigenvalue weighted by Gasteiger charge is -2.23. The third-order valence-electron chi connectivity index (χ3n) is 5.02. The van der Waals surface area contributed by atoms with Crippen LogP contribution in [0.2, 0.25) is 0 Å². The van der Waals surface area contributed by atoms with E-state index in [4.69, 9.17) is 0 Å². The summed E-state index contributed by atoms with van der Waals surface area (Å²) in [4.78, 5) is 14.7. The number of carbonyl (C=O) groups is 1. The Balaban J connectivity index is 1.66. The average Bonchev–Trinajstić information content (AvgIpc) is 3.12. The number of aliphatic hydroxyl groups is 1. The molecule has 0 aromatic heterocycles. The molecule has 2 aliphatic rings. The Kier molecular flexibility index (Phi) is 2.66. The fourth-order valence-electron chi connectivity index (χ4n) is 3.91. The van der Waals surface area contributed by atoms with Crippen molar-refractivity contribution in [2.24, 2.45) is 11.3 Å². The summed E-state index contributed by atoms with van der Waals surface area (Å²) in [6, 6.07) is 19.8. The maximum absolute atomic E-state index is 12.9. The minimum atomic E-state index is -0.600. The molecular formula is C18H17NO2. The lowest BCUT2D eigenvalue weighted by molar-refractivity contribution is -0.123. The molecule has 3 heteroatoms. The molecule has 3 nitrogen and oxygen atoms in total. The number of piperidine rings is 1. The van der Waals surface area contributed by atoms with Gasteiger partial charge in [0.15, 0.2) is 0 Å². The zero-order valence-electron chi connectivity index (χ0n) is 11.6. The quantitative estimate of drug-likeness (QED) is 0.937. The summed E-state index contributed by atoms with van der Waals surface area (Å²) in [5.74, 6) is 0.448. The van der Waals surface area contributed by atoms with E-state index in [0.29, 0.717) is 6.54 Å². The van der Waals surface area contributed by atoms with Gasteiger partial charge in [0.05, 0.1) is 12.0 Å². The Bertz CT molecular complexity index is 670. The van der Waals surface area contributed by atoms with Crippen LogP contribution in [0.15, 0.2) is 60.7 Å². The van der Waals surface area contributed by atoms with Crippen molar-refractivity contribution in [2.45, 2.75) is 5.92 Å². The number of anilines is 1. The molecule has 3 atom stereocenters. The van der Waals surface area contributed by atoms with Gasteiger partial charge in [-0.3, -0.25) is 4.79 Å². The van der Waals surface area contributed by atoms with Crippen LogP contribution in [0.5, 0.6) is 0 Å². The number of amides is 1.